The summed E-state index contributed by atoms with van der Waals surface area (Å²) in [5.74, 6) is -0.331. The highest BCUT2D eigenvalue weighted by Gasteiger charge is 2.12. The standard InChI is InChI=1S/C13H12ClN3OS/c1-19-10-4-2-3-9(6-10)17-13(18)11-5-8(15)7-16-12(11)14/h2-7H,15H2,1H3,(H,17,18). The molecule has 19 heavy (non-hydrogen) atoms. The number of thioether (sulfide) groups is 1. The van der Waals surface area contributed by atoms with E-state index in [9.17, 15) is 4.79 Å². The van der Waals surface area contributed by atoms with Crippen LogP contribution in [0.15, 0.2) is 41.4 Å². The SMILES string of the molecule is CSc1cccc(NC(=O)c2cc(N)cnc2Cl)c1. The van der Waals surface area contributed by atoms with Gasteiger partial charge in [-0.2, -0.15) is 0 Å². The number of nitrogen functional groups attached to an aromatic ring is 1. The Labute approximate surface area is 120 Å². The fourth-order valence-corrected chi connectivity index (χ4v) is 2.17. The Morgan fingerprint density at radius 3 is 2.95 bits per heavy atom. The summed E-state index contributed by atoms with van der Waals surface area (Å²) in [6.07, 6.45) is 3.38. The van der Waals surface area contributed by atoms with Gasteiger partial charge in [-0.3, -0.25) is 4.79 Å². The summed E-state index contributed by atoms with van der Waals surface area (Å²) < 4.78 is 0. The number of benzene rings is 1. The van der Waals surface area contributed by atoms with Gasteiger partial charge >= 0.3 is 0 Å². The maximum Gasteiger partial charge on any atom is 0.258 e. The molecule has 6 heteroatoms. The van der Waals surface area contributed by atoms with Gasteiger partial charge in [-0.05, 0) is 30.5 Å². The molecule has 1 aromatic heterocycles. The van der Waals surface area contributed by atoms with Crippen LogP contribution in [0.5, 0.6) is 0 Å². The predicted molar refractivity (Wildman–Crippen MR) is 79.8 cm³/mol. The maximum atomic E-state index is 12.1. The van der Waals surface area contributed by atoms with Gasteiger partial charge in [0.05, 0.1) is 17.4 Å². The summed E-state index contributed by atoms with van der Waals surface area (Å²) >= 11 is 7.49. The summed E-state index contributed by atoms with van der Waals surface area (Å²) in [6.45, 7) is 0. The van der Waals surface area contributed by atoms with Crippen molar-refractivity contribution in [2.24, 2.45) is 0 Å². The van der Waals surface area contributed by atoms with Crippen molar-refractivity contribution in [3.05, 3.63) is 47.2 Å². The average Bonchev–Trinajstić information content (AvgIpc) is 2.41. The molecule has 0 saturated heterocycles. The highest BCUT2D eigenvalue weighted by molar-refractivity contribution is 7.98. The van der Waals surface area contributed by atoms with Crippen LogP contribution in [-0.2, 0) is 0 Å². The van der Waals surface area contributed by atoms with Crippen LogP contribution in [0, 0.1) is 0 Å². The molecule has 0 spiro atoms. The Balaban J connectivity index is 2.23. The zero-order chi connectivity index (χ0) is 13.8. The highest BCUT2D eigenvalue weighted by Crippen LogP contribution is 2.21. The van der Waals surface area contributed by atoms with Crippen molar-refractivity contribution in [2.75, 3.05) is 17.3 Å². The van der Waals surface area contributed by atoms with Crippen molar-refractivity contribution in [3.8, 4) is 0 Å². The third-order valence-corrected chi connectivity index (χ3v) is 3.46. The molecule has 0 radical (unpaired) electrons. The van der Waals surface area contributed by atoms with Crippen LogP contribution in [0.4, 0.5) is 11.4 Å². The van der Waals surface area contributed by atoms with E-state index in [1.54, 1.807) is 11.8 Å². The first kappa shape index (κ1) is 13.7. The van der Waals surface area contributed by atoms with Gasteiger partial charge < -0.3 is 11.1 Å². The molecule has 1 heterocycles. The van der Waals surface area contributed by atoms with Crippen LogP contribution in [-0.4, -0.2) is 17.1 Å². The third kappa shape index (κ3) is 3.39. The number of amides is 1. The normalized spacial score (nSPS) is 10.2. The first-order chi connectivity index (χ1) is 9.10. The minimum absolute atomic E-state index is 0.132. The van der Waals surface area contributed by atoms with E-state index in [1.807, 2.05) is 30.5 Å². The Hall–Kier alpha value is -1.72. The number of nitrogens with two attached hydrogens (primary N) is 1. The summed E-state index contributed by atoms with van der Waals surface area (Å²) in [6, 6.07) is 9.04. The molecule has 0 bridgehead atoms. The second-order valence-electron chi connectivity index (χ2n) is 3.79. The zero-order valence-corrected chi connectivity index (χ0v) is 11.8. The number of hydrogen-bond donors (Lipinski definition) is 2. The largest absolute Gasteiger partial charge is 0.397 e. The van der Waals surface area contributed by atoms with E-state index in [0.717, 1.165) is 4.90 Å². The molecule has 1 amide bonds. The second-order valence-corrected chi connectivity index (χ2v) is 5.03. The molecular formula is C13H12ClN3OS. The van der Waals surface area contributed by atoms with Crippen LogP contribution in [0.25, 0.3) is 0 Å². The quantitative estimate of drug-likeness (QED) is 0.673. The van der Waals surface area contributed by atoms with E-state index in [-0.39, 0.29) is 16.6 Å². The van der Waals surface area contributed by atoms with Gasteiger partial charge in [0.15, 0.2) is 0 Å². The average molecular weight is 294 g/mol. The van der Waals surface area contributed by atoms with Crippen LogP contribution in [0.3, 0.4) is 0 Å². The predicted octanol–water partition coefficient (Wildman–Crippen LogP) is 3.29. The fourth-order valence-electron chi connectivity index (χ4n) is 1.52. The van der Waals surface area contributed by atoms with E-state index >= 15 is 0 Å². The van der Waals surface area contributed by atoms with Crippen LogP contribution < -0.4 is 11.1 Å². The monoisotopic (exact) mass is 293 g/mol. The van der Waals surface area contributed by atoms with Crippen molar-refractivity contribution >= 4 is 40.6 Å². The number of rotatable bonds is 3. The summed E-state index contributed by atoms with van der Waals surface area (Å²) in [4.78, 5) is 17.0. The van der Waals surface area contributed by atoms with Crippen LogP contribution in [0.1, 0.15) is 10.4 Å². The molecule has 0 atom stereocenters. The van der Waals surface area contributed by atoms with Crippen molar-refractivity contribution in [3.63, 3.8) is 0 Å². The van der Waals surface area contributed by atoms with Gasteiger partial charge in [-0.15, -0.1) is 11.8 Å². The molecule has 0 aliphatic rings. The summed E-state index contributed by atoms with van der Waals surface area (Å²) in [7, 11) is 0. The van der Waals surface area contributed by atoms with Crippen molar-refractivity contribution in [2.45, 2.75) is 4.90 Å². The molecule has 1 aromatic carbocycles. The third-order valence-electron chi connectivity index (χ3n) is 2.43. The number of nitrogens with one attached hydrogen (secondary N) is 1. The number of aromatic nitrogens is 1. The lowest BCUT2D eigenvalue weighted by Gasteiger charge is -2.08. The number of anilines is 2. The fraction of sp³-hybridized carbons (Fsp3) is 0.0769. The van der Waals surface area contributed by atoms with E-state index < -0.39 is 0 Å². The number of nitrogens with zero attached hydrogens (tertiary/aromatic N) is 1. The molecule has 0 saturated carbocycles. The Morgan fingerprint density at radius 1 is 1.42 bits per heavy atom. The lowest BCUT2D eigenvalue weighted by molar-refractivity contribution is 0.102. The number of carbonyl (C=O) groups is 1. The van der Waals surface area contributed by atoms with Gasteiger partial charge in [0, 0.05) is 10.6 Å². The van der Waals surface area contributed by atoms with E-state index in [1.165, 1.54) is 12.3 Å². The minimum Gasteiger partial charge on any atom is -0.397 e. The van der Waals surface area contributed by atoms with Crippen molar-refractivity contribution in [1.82, 2.24) is 4.98 Å². The van der Waals surface area contributed by atoms with E-state index in [0.29, 0.717) is 11.4 Å². The number of hydrogen-bond acceptors (Lipinski definition) is 4. The van der Waals surface area contributed by atoms with Gasteiger partial charge in [-0.25, -0.2) is 4.98 Å². The molecule has 0 fully saturated rings. The van der Waals surface area contributed by atoms with E-state index in [2.05, 4.69) is 10.3 Å². The molecule has 3 N–H and O–H groups in total. The molecule has 2 aromatic rings. The van der Waals surface area contributed by atoms with Gasteiger partial charge in [0.25, 0.3) is 5.91 Å². The second kappa shape index (κ2) is 5.95. The smallest absolute Gasteiger partial charge is 0.258 e. The topological polar surface area (TPSA) is 68.0 Å². The first-order valence-corrected chi connectivity index (χ1v) is 7.07. The number of carbonyl (C=O) groups excluding carboxylic acids is 1. The zero-order valence-electron chi connectivity index (χ0n) is 10.2. The molecular weight excluding hydrogens is 282 g/mol. The Kier molecular flexibility index (Phi) is 4.29. The maximum absolute atomic E-state index is 12.1. The molecule has 0 aliphatic heterocycles. The Bertz CT molecular complexity index is 619. The molecule has 2 rings (SSSR count). The lowest BCUT2D eigenvalue weighted by atomic mass is 10.2. The van der Waals surface area contributed by atoms with Crippen LogP contribution in [0.2, 0.25) is 5.15 Å². The van der Waals surface area contributed by atoms with Gasteiger partial charge in [0.1, 0.15) is 5.15 Å². The molecule has 0 aliphatic carbocycles. The summed E-state index contributed by atoms with van der Waals surface area (Å²) in [5, 5.41) is 2.90. The summed E-state index contributed by atoms with van der Waals surface area (Å²) in [5.41, 5.74) is 6.96. The molecule has 4 nitrogen and oxygen atoms in total. The first-order valence-electron chi connectivity index (χ1n) is 5.46. The van der Waals surface area contributed by atoms with Crippen LogP contribution >= 0.6 is 23.4 Å². The molecule has 98 valence electrons. The lowest BCUT2D eigenvalue weighted by Crippen LogP contribution is -2.13. The van der Waals surface area contributed by atoms with Gasteiger partial charge in [-0.1, -0.05) is 17.7 Å². The van der Waals surface area contributed by atoms with Crippen molar-refractivity contribution in [1.29, 1.82) is 0 Å². The van der Waals surface area contributed by atoms with Crippen molar-refractivity contribution < 1.29 is 4.79 Å². The molecule has 0 unspecified atom stereocenters. The number of halogens is 1. The van der Waals surface area contributed by atoms with Gasteiger partial charge in [0.2, 0.25) is 0 Å². The number of pyridine rings is 1. The highest BCUT2D eigenvalue weighted by atomic mass is 35.5. The minimum atomic E-state index is -0.331. The van der Waals surface area contributed by atoms with E-state index in [4.69, 9.17) is 17.3 Å². The Morgan fingerprint density at radius 2 is 2.21 bits per heavy atom.